The number of nitrogen functional groups attached to an aromatic ring is 1. The molecule has 0 aliphatic rings. The highest BCUT2D eigenvalue weighted by molar-refractivity contribution is 5.79. The number of nitrogens with one attached hydrogen (secondary N) is 1. The van der Waals surface area contributed by atoms with Crippen molar-refractivity contribution in [2.45, 2.75) is 6.92 Å². The Kier molecular flexibility index (Phi) is 1.12. The smallest absolute Gasteiger partial charge is 0.139 e. The minimum absolute atomic E-state index is 0.665. The van der Waals surface area contributed by atoms with Crippen LogP contribution < -0.4 is 5.73 Å². The summed E-state index contributed by atoms with van der Waals surface area (Å²) in [6.45, 7) is 1.95. The van der Waals surface area contributed by atoms with Crippen LogP contribution in [-0.2, 0) is 0 Å². The van der Waals surface area contributed by atoms with Gasteiger partial charge in [0.25, 0.3) is 0 Å². The summed E-state index contributed by atoms with van der Waals surface area (Å²) in [5.41, 5.74) is 7.41. The van der Waals surface area contributed by atoms with Gasteiger partial charge in [0.1, 0.15) is 11.5 Å². The van der Waals surface area contributed by atoms with Crippen LogP contribution in [0.3, 0.4) is 0 Å². The second kappa shape index (κ2) is 1.99. The highest BCUT2D eigenvalue weighted by Crippen LogP contribution is 2.14. The number of nitrogens with two attached hydrogens (primary N) is 1. The number of nitrogens with zero attached hydrogens (tertiary/aromatic N) is 1. The molecule has 0 spiro atoms. The van der Waals surface area contributed by atoms with Crippen LogP contribution in [0.15, 0.2) is 18.2 Å². The fourth-order valence-corrected chi connectivity index (χ4v) is 1.12. The third kappa shape index (κ3) is 0.941. The molecule has 2 aromatic rings. The maximum atomic E-state index is 5.55. The summed E-state index contributed by atoms with van der Waals surface area (Å²) in [5, 5.41) is 1.06. The number of H-pyrrole nitrogens is 1. The molecule has 0 bridgehead atoms. The first kappa shape index (κ1) is 6.22. The van der Waals surface area contributed by atoms with E-state index >= 15 is 0 Å². The molecule has 0 aliphatic carbocycles. The largest absolute Gasteiger partial charge is 0.385 e. The SMILES string of the molecule is Cc1ccc2cc(N)[nH]c2n1. The molecule has 0 unspecified atom stereocenters. The Bertz CT molecular complexity index is 389. The van der Waals surface area contributed by atoms with Gasteiger partial charge in [0.2, 0.25) is 0 Å². The highest BCUT2D eigenvalue weighted by atomic mass is 14.9. The van der Waals surface area contributed by atoms with Gasteiger partial charge in [0, 0.05) is 11.1 Å². The van der Waals surface area contributed by atoms with Crippen molar-refractivity contribution in [2.75, 3.05) is 5.73 Å². The lowest BCUT2D eigenvalue weighted by Gasteiger charge is -1.89. The minimum Gasteiger partial charge on any atom is -0.385 e. The van der Waals surface area contributed by atoms with Crippen LogP contribution in [0.5, 0.6) is 0 Å². The molecule has 3 nitrogen and oxygen atoms in total. The molecule has 2 heterocycles. The standard InChI is InChI=1S/C8H9N3/c1-5-2-3-6-4-7(9)11-8(6)10-5/h2-4H,9H2,1H3,(H,10,11). The highest BCUT2D eigenvalue weighted by Gasteiger charge is 1.97. The fraction of sp³-hybridized carbons (Fsp3) is 0.125. The molecule has 0 saturated carbocycles. The van der Waals surface area contributed by atoms with Gasteiger partial charge in [-0.3, -0.25) is 0 Å². The van der Waals surface area contributed by atoms with Gasteiger partial charge in [-0.2, -0.15) is 0 Å². The van der Waals surface area contributed by atoms with Crippen LogP contribution in [0.1, 0.15) is 5.69 Å². The fourth-order valence-electron chi connectivity index (χ4n) is 1.12. The van der Waals surface area contributed by atoms with E-state index in [1.807, 2.05) is 25.1 Å². The predicted octanol–water partition coefficient (Wildman–Crippen LogP) is 1.45. The Morgan fingerprint density at radius 3 is 3.09 bits per heavy atom. The molecule has 0 aromatic carbocycles. The summed E-state index contributed by atoms with van der Waals surface area (Å²) >= 11 is 0. The van der Waals surface area contributed by atoms with Crippen molar-refractivity contribution in [1.29, 1.82) is 0 Å². The van der Waals surface area contributed by atoms with Gasteiger partial charge >= 0.3 is 0 Å². The van der Waals surface area contributed by atoms with Crippen LogP contribution in [0.4, 0.5) is 5.82 Å². The van der Waals surface area contributed by atoms with E-state index in [-0.39, 0.29) is 0 Å². The van der Waals surface area contributed by atoms with Crippen LogP contribution in [-0.4, -0.2) is 9.97 Å². The number of hydrogen-bond acceptors (Lipinski definition) is 2. The number of aromatic nitrogens is 2. The van der Waals surface area contributed by atoms with Gasteiger partial charge in [-0.1, -0.05) is 0 Å². The van der Waals surface area contributed by atoms with Crippen LogP contribution >= 0.6 is 0 Å². The van der Waals surface area contributed by atoms with Crippen LogP contribution in [0, 0.1) is 6.92 Å². The predicted molar refractivity (Wildman–Crippen MR) is 45.2 cm³/mol. The van der Waals surface area contributed by atoms with E-state index < -0.39 is 0 Å². The molecule has 3 N–H and O–H groups in total. The average Bonchev–Trinajstić information content (AvgIpc) is 2.27. The zero-order valence-electron chi connectivity index (χ0n) is 6.26. The molecule has 0 fully saturated rings. The van der Waals surface area contributed by atoms with Crippen molar-refractivity contribution < 1.29 is 0 Å². The monoisotopic (exact) mass is 147 g/mol. The first-order valence-corrected chi connectivity index (χ1v) is 3.47. The Balaban J connectivity index is 2.82. The van der Waals surface area contributed by atoms with Crippen molar-refractivity contribution in [3.05, 3.63) is 23.9 Å². The number of hydrogen-bond donors (Lipinski definition) is 2. The van der Waals surface area contributed by atoms with Crippen LogP contribution in [0.2, 0.25) is 0 Å². The Hall–Kier alpha value is -1.51. The van der Waals surface area contributed by atoms with Crippen molar-refractivity contribution in [3.8, 4) is 0 Å². The first-order valence-electron chi connectivity index (χ1n) is 3.47. The number of anilines is 1. The lowest BCUT2D eigenvalue weighted by Crippen LogP contribution is -1.83. The quantitative estimate of drug-likeness (QED) is 0.592. The van der Waals surface area contributed by atoms with E-state index in [1.165, 1.54) is 0 Å². The summed E-state index contributed by atoms with van der Waals surface area (Å²) in [4.78, 5) is 7.23. The number of fused-ring (bicyclic) bond motifs is 1. The minimum atomic E-state index is 0.665. The Morgan fingerprint density at radius 2 is 2.27 bits per heavy atom. The molecule has 0 aliphatic heterocycles. The summed E-state index contributed by atoms with van der Waals surface area (Å²) in [7, 11) is 0. The summed E-state index contributed by atoms with van der Waals surface area (Å²) in [6.07, 6.45) is 0. The number of aryl methyl sites for hydroxylation is 1. The molecule has 11 heavy (non-hydrogen) atoms. The van der Waals surface area contributed by atoms with E-state index in [4.69, 9.17) is 5.73 Å². The van der Waals surface area contributed by atoms with Crippen LogP contribution in [0.25, 0.3) is 11.0 Å². The molecule has 3 heteroatoms. The third-order valence-electron chi connectivity index (χ3n) is 1.64. The van der Waals surface area contributed by atoms with Gasteiger partial charge in [-0.15, -0.1) is 0 Å². The zero-order chi connectivity index (χ0) is 7.84. The molecule has 0 radical (unpaired) electrons. The molecular weight excluding hydrogens is 138 g/mol. The van der Waals surface area contributed by atoms with Crippen molar-refractivity contribution in [3.63, 3.8) is 0 Å². The van der Waals surface area contributed by atoms with Gasteiger partial charge in [0.05, 0.1) is 0 Å². The third-order valence-corrected chi connectivity index (χ3v) is 1.64. The number of aromatic amines is 1. The molecule has 0 saturated heterocycles. The molecule has 56 valence electrons. The maximum Gasteiger partial charge on any atom is 0.139 e. The van der Waals surface area contributed by atoms with E-state index in [9.17, 15) is 0 Å². The van der Waals surface area contributed by atoms with Crippen molar-refractivity contribution >= 4 is 16.9 Å². The van der Waals surface area contributed by atoms with Crippen molar-refractivity contribution in [2.24, 2.45) is 0 Å². The van der Waals surface area contributed by atoms with E-state index in [1.54, 1.807) is 0 Å². The second-order valence-corrected chi connectivity index (χ2v) is 2.62. The van der Waals surface area contributed by atoms with Gasteiger partial charge in [0.15, 0.2) is 0 Å². The molecule has 0 atom stereocenters. The normalized spacial score (nSPS) is 10.6. The zero-order valence-corrected chi connectivity index (χ0v) is 6.26. The van der Waals surface area contributed by atoms with Gasteiger partial charge < -0.3 is 10.7 Å². The summed E-state index contributed by atoms with van der Waals surface area (Å²) < 4.78 is 0. The van der Waals surface area contributed by atoms with E-state index in [2.05, 4.69) is 9.97 Å². The number of pyridine rings is 1. The molecule has 0 amide bonds. The second-order valence-electron chi connectivity index (χ2n) is 2.62. The number of rotatable bonds is 0. The summed E-state index contributed by atoms with van der Waals surface area (Å²) in [6, 6.07) is 5.85. The average molecular weight is 147 g/mol. The first-order chi connectivity index (χ1) is 5.25. The van der Waals surface area contributed by atoms with Gasteiger partial charge in [-0.05, 0) is 25.1 Å². The lowest BCUT2D eigenvalue weighted by atomic mass is 10.3. The lowest BCUT2D eigenvalue weighted by molar-refractivity contribution is 1.22. The molecule has 2 aromatic heterocycles. The Labute approximate surface area is 64.2 Å². The van der Waals surface area contributed by atoms with E-state index in [0.717, 1.165) is 16.7 Å². The summed E-state index contributed by atoms with van der Waals surface area (Å²) in [5.74, 6) is 0.665. The molecule has 2 rings (SSSR count). The van der Waals surface area contributed by atoms with E-state index in [0.29, 0.717) is 5.82 Å². The maximum absolute atomic E-state index is 5.55. The topological polar surface area (TPSA) is 54.7 Å². The Morgan fingerprint density at radius 1 is 1.45 bits per heavy atom. The van der Waals surface area contributed by atoms with Gasteiger partial charge in [-0.25, -0.2) is 4.98 Å². The molecular formula is C8H9N3. The van der Waals surface area contributed by atoms with Crippen molar-refractivity contribution in [1.82, 2.24) is 9.97 Å².